The molecular formula is C38H41Cl2N3O4S. The first-order valence-corrected chi connectivity index (χ1v) is 18.5. The zero-order chi connectivity index (χ0) is 34.3. The van der Waals surface area contributed by atoms with Gasteiger partial charge in [-0.3, -0.25) is 13.9 Å². The van der Waals surface area contributed by atoms with Gasteiger partial charge in [0.2, 0.25) is 11.8 Å². The van der Waals surface area contributed by atoms with Crippen molar-refractivity contribution >= 4 is 50.7 Å². The van der Waals surface area contributed by atoms with Gasteiger partial charge in [-0.2, -0.15) is 0 Å². The molecule has 48 heavy (non-hydrogen) atoms. The third-order valence-corrected chi connectivity index (χ3v) is 11.3. The smallest absolute Gasteiger partial charge is 0.264 e. The molecule has 0 unspecified atom stereocenters. The number of amides is 2. The number of sulfonamides is 1. The van der Waals surface area contributed by atoms with E-state index in [0.29, 0.717) is 21.3 Å². The molecule has 2 amide bonds. The Morgan fingerprint density at radius 3 is 1.98 bits per heavy atom. The summed E-state index contributed by atoms with van der Waals surface area (Å²) >= 11 is 13.3. The molecule has 1 aliphatic carbocycles. The molecule has 1 fully saturated rings. The van der Waals surface area contributed by atoms with E-state index in [1.54, 1.807) is 48.5 Å². The summed E-state index contributed by atoms with van der Waals surface area (Å²) in [5.74, 6) is -0.644. The van der Waals surface area contributed by atoms with Crippen LogP contribution in [0.25, 0.3) is 0 Å². The number of hydrogen-bond donors (Lipinski definition) is 1. The largest absolute Gasteiger partial charge is 0.352 e. The summed E-state index contributed by atoms with van der Waals surface area (Å²) in [4.78, 5) is 30.4. The lowest BCUT2D eigenvalue weighted by Gasteiger charge is -2.34. The van der Waals surface area contributed by atoms with E-state index in [4.69, 9.17) is 23.2 Å². The molecule has 0 radical (unpaired) electrons. The van der Waals surface area contributed by atoms with Gasteiger partial charge in [0.1, 0.15) is 12.6 Å². The van der Waals surface area contributed by atoms with E-state index in [1.165, 1.54) is 17.0 Å². The summed E-state index contributed by atoms with van der Waals surface area (Å²) in [7, 11) is -4.20. The SMILES string of the molecule is CC(C)c1ccc(N(CC(=O)N(Cc2c(Cl)cccc2Cl)[C@@H](Cc2ccccc2)C(=O)NC2CCCC2)S(=O)(=O)c2ccccc2)cc1. The minimum atomic E-state index is -4.20. The topological polar surface area (TPSA) is 86.8 Å². The average molecular weight is 707 g/mol. The van der Waals surface area contributed by atoms with Crippen molar-refractivity contribution in [1.82, 2.24) is 10.2 Å². The number of halogens is 2. The van der Waals surface area contributed by atoms with Crippen molar-refractivity contribution in [2.24, 2.45) is 0 Å². The van der Waals surface area contributed by atoms with Gasteiger partial charge >= 0.3 is 0 Å². The summed E-state index contributed by atoms with van der Waals surface area (Å²) in [5.41, 5.74) is 2.69. The van der Waals surface area contributed by atoms with Crippen molar-refractivity contribution in [2.75, 3.05) is 10.8 Å². The Balaban J connectivity index is 1.59. The van der Waals surface area contributed by atoms with Gasteiger partial charge in [0.05, 0.1) is 10.6 Å². The van der Waals surface area contributed by atoms with Gasteiger partial charge in [0, 0.05) is 34.6 Å². The number of nitrogens with one attached hydrogen (secondary N) is 1. The molecule has 4 aromatic rings. The molecule has 7 nitrogen and oxygen atoms in total. The van der Waals surface area contributed by atoms with E-state index in [9.17, 15) is 18.0 Å². The first-order chi connectivity index (χ1) is 23.0. The fourth-order valence-corrected chi connectivity index (χ4v) is 8.00. The van der Waals surface area contributed by atoms with Gasteiger partial charge in [-0.25, -0.2) is 8.42 Å². The van der Waals surface area contributed by atoms with E-state index >= 15 is 0 Å². The van der Waals surface area contributed by atoms with Crippen molar-refractivity contribution in [3.8, 4) is 0 Å². The molecule has 0 spiro atoms. The predicted molar refractivity (Wildman–Crippen MR) is 193 cm³/mol. The number of benzene rings is 4. The maximum Gasteiger partial charge on any atom is 0.264 e. The molecule has 0 heterocycles. The second-order valence-corrected chi connectivity index (χ2v) is 15.2. The molecule has 5 rings (SSSR count). The Morgan fingerprint density at radius 1 is 0.812 bits per heavy atom. The molecule has 252 valence electrons. The summed E-state index contributed by atoms with van der Waals surface area (Å²) < 4.78 is 29.6. The van der Waals surface area contributed by atoms with Crippen LogP contribution in [-0.2, 0) is 32.6 Å². The van der Waals surface area contributed by atoms with Crippen molar-refractivity contribution in [2.45, 2.75) is 75.4 Å². The van der Waals surface area contributed by atoms with Crippen molar-refractivity contribution in [3.63, 3.8) is 0 Å². The number of hydrogen-bond acceptors (Lipinski definition) is 4. The molecule has 0 saturated heterocycles. The fraction of sp³-hybridized carbons (Fsp3) is 0.316. The molecule has 4 aromatic carbocycles. The monoisotopic (exact) mass is 705 g/mol. The molecule has 0 aromatic heterocycles. The highest BCUT2D eigenvalue weighted by Crippen LogP contribution is 2.30. The summed E-state index contributed by atoms with van der Waals surface area (Å²) in [6, 6.07) is 28.8. The molecule has 1 atom stereocenters. The maximum atomic E-state index is 14.7. The van der Waals surface area contributed by atoms with Crippen LogP contribution in [0.4, 0.5) is 5.69 Å². The van der Waals surface area contributed by atoms with Crippen LogP contribution >= 0.6 is 23.2 Å². The molecule has 0 aliphatic heterocycles. The van der Waals surface area contributed by atoms with Crippen molar-refractivity contribution in [1.29, 1.82) is 0 Å². The number of anilines is 1. The number of nitrogens with zero attached hydrogens (tertiary/aromatic N) is 2. The third kappa shape index (κ3) is 8.59. The van der Waals surface area contributed by atoms with Crippen molar-refractivity contribution in [3.05, 3.63) is 130 Å². The predicted octanol–water partition coefficient (Wildman–Crippen LogP) is 8.01. The Labute approximate surface area is 293 Å². The first kappa shape index (κ1) is 35.5. The van der Waals surface area contributed by atoms with Gasteiger partial charge in [-0.05, 0) is 66.3 Å². The summed E-state index contributed by atoms with van der Waals surface area (Å²) in [6.07, 6.45) is 3.98. The second kappa shape index (κ2) is 16.0. The summed E-state index contributed by atoms with van der Waals surface area (Å²) in [6.45, 7) is 3.46. The van der Waals surface area contributed by atoms with Gasteiger partial charge < -0.3 is 10.2 Å². The zero-order valence-corrected chi connectivity index (χ0v) is 29.5. The van der Waals surface area contributed by atoms with Crippen LogP contribution in [0, 0.1) is 0 Å². The highest BCUT2D eigenvalue weighted by molar-refractivity contribution is 7.92. The molecular weight excluding hydrogens is 665 g/mol. The highest BCUT2D eigenvalue weighted by atomic mass is 35.5. The van der Waals surface area contributed by atoms with Crippen LogP contribution in [0.15, 0.2) is 108 Å². The van der Waals surface area contributed by atoms with E-state index in [0.717, 1.165) is 41.1 Å². The first-order valence-electron chi connectivity index (χ1n) is 16.3. The molecule has 10 heteroatoms. The number of carbonyl (C=O) groups excluding carboxylic acids is 2. The van der Waals surface area contributed by atoms with Crippen LogP contribution in [0.1, 0.15) is 62.1 Å². The van der Waals surface area contributed by atoms with Crippen LogP contribution in [0.5, 0.6) is 0 Å². The number of carbonyl (C=O) groups is 2. The third-order valence-electron chi connectivity index (χ3n) is 8.82. The minimum Gasteiger partial charge on any atom is -0.352 e. The van der Waals surface area contributed by atoms with E-state index < -0.39 is 28.5 Å². The van der Waals surface area contributed by atoms with Gasteiger partial charge in [-0.15, -0.1) is 0 Å². The number of rotatable bonds is 13. The lowest BCUT2D eigenvalue weighted by molar-refractivity contribution is -0.140. The lowest BCUT2D eigenvalue weighted by Crippen LogP contribution is -2.54. The van der Waals surface area contributed by atoms with E-state index in [2.05, 4.69) is 19.2 Å². The lowest BCUT2D eigenvalue weighted by atomic mass is 10.0. The summed E-state index contributed by atoms with van der Waals surface area (Å²) in [5, 5.41) is 3.86. The molecule has 1 saturated carbocycles. The standard InChI is InChI=1S/C38H41Cl2N3O4S/c1-27(2)29-20-22-31(23-21-29)43(48(46,47)32-16-7-4-8-17-32)26-37(44)42(25-33-34(39)18-11-19-35(33)40)36(24-28-12-5-3-6-13-28)38(45)41-30-14-9-10-15-30/h3-8,11-13,16-23,27,30,36H,9-10,14-15,24-26H2,1-2H3,(H,41,45)/t36-/m0/s1. The van der Waals surface area contributed by atoms with Crippen LogP contribution < -0.4 is 9.62 Å². The van der Waals surface area contributed by atoms with E-state index in [-0.39, 0.29) is 35.7 Å². The molecule has 0 bridgehead atoms. The van der Waals surface area contributed by atoms with Gasteiger partial charge in [-0.1, -0.05) is 117 Å². The molecule has 1 N–H and O–H groups in total. The fourth-order valence-electron chi connectivity index (χ4n) is 6.05. The normalized spacial score (nSPS) is 14.1. The zero-order valence-electron chi connectivity index (χ0n) is 27.2. The molecule has 1 aliphatic rings. The quantitative estimate of drug-likeness (QED) is 0.153. The Kier molecular flexibility index (Phi) is 11.8. The van der Waals surface area contributed by atoms with Crippen LogP contribution in [0.3, 0.4) is 0 Å². The van der Waals surface area contributed by atoms with E-state index in [1.807, 2.05) is 42.5 Å². The van der Waals surface area contributed by atoms with Gasteiger partial charge in [0.15, 0.2) is 0 Å². The Bertz CT molecular complexity index is 1780. The van der Waals surface area contributed by atoms with Crippen LogP contribution in [-0.4, -0.2) is 43.8 Å². The maximum absolute atomic E-state index is 14.7. The Morgan fingerprint density at radius 2 is 1.40 bits per heavy atom. The van der Waals surface area contributed by atoms with Crippen molar-refractivity contribution < 1.29 is 18.0 Å². The van der Waals surface area contributed by atoms with Gasteiger partial charge in [0.25, 0.3) is 10.0 Å². The minimum absolute atomic E-state index is 0.00561. The highest BCUT2D eigenvalue weighted by Gasteiger charge is 2.36. The Hall–Kier alpha value is -3.85. The van der Waals surface area contributed by atoms with Crippen LogP contribution in [0.2, 0.25) is 10.0 Å². The second-order valence-electron chi connectivity index (χ2n) is 12.5. The average Bonchev–Trinajstić information content (AvgIpc) is 3.60.